The van der Waals surface area contributed by atoms with Crippen molar-refractivity contribution in [2.45, 2.75) is 30.3 Å². The maximum Gasteiger partial charge on any atom is 0.262 e. The molecular formula is C22H20ClN3O2S. The maximum absolute atomic E-state index is 13.1. The van der Waals surface area contributed by atoms with E-state index in [1.807, 2.05) is 30.0 Å². The summed E-state index contributed by atoms with van der Waals surface area (Å²) >= 11 is 7.37. The van der Waals surface area contributed by atoms with Gasteiger partial charge < -0.3 is 4.90 Å². The number of allylic oxidation sites excluding steroid dienone is 1. The van der Waals surface area contributed by atoms with Crippen molar-refractivity contribution in [3.8, 4) is 0 Å². The number of para-hydroxylation sites is 1. The zero-order chi connectivity index (χ0) is 20.5. The molecule has 0 bridgehead atoms. The number of benzene rings is 2. The van der Waals surface area contributed by atoms with Gasteiger partial charge in [-0.05, 0) is 43.2 Å². The number of carbonyl (C=O) groups is 1. The second kappa shape index (κ2) is 8.05. The van der Waals surface area contributed by atoms with Crippen LogP contribution in [0.2, 0.25) is 5.02 Å². The lowest BCUT2D eigenvalue weighted by Gasteiger charge is -2.22. The molecule has 4 rings (SSSR count). The molecule has 1 aromatic heterocycles. The molecule has 0 fully saturated rings. The second-order valence-electron chi connectivity index (χ2n) is 6.89. The van der Waals surface area contributed by atoms with Crippen LogP contribution in [0.5, 0.6) is 0 Å². The number of nitrogens with zero attached hydrogens (tertiary/aromatic N) is 3. The first-order valence-corrected chi connectivity index (χ1v) is 10.6. The summed E-state index contributed by atoms with van der Waals surface area (Å²) < 4.78 is 1.55. The molecule has 1 unspecified atom stereocenters. The van der Waals surface area contributed by atoms with Crippen molar-refractivity contribution in [2.24, 2.45) is 0 Å². The summed E-state index contributed by atoms with van der Waals surface area (Å²) in [5.74, 6) is 0.00513. The van der Waals surface area contributed by atoms with Crippen molar-refractivity contribution in [1.82, 2.24) is 9.55 Å². The first-order chi connectivity index (χ1) is 14.0. The number of aromatic nitrogens is 2. The Morgan fingerprint density at radius 1 is 1.34 bits per heavy atom. The topological polar surface area (TPSA) is 55.2 Å². The average Bonchev–Trinajstić information content (AvgIpc) is 3.14. The van der Waals surface area contributed by atoms with Crippen LogP contribution in [0.1, 0.15) is 12.5 Å². The summed E-state index contributed by atoms with van der Waals surface area (Å²) in [7, 11) is 0. The number of hydrogen-bond acceptors (Lipinski definition) is 4. The Hall–Kier alpha value is -2.57. The number of fused-ring (bicyclic) bond motifs is 2. The van der Waals surface area contributed by atoms with Gasteiger partial charge in [0.15, 0.2) is 5.16 Å². The summed E-state index contributed by atoms with van der Waals surface area (Å²) in [4.78, 5) is 32.5. The van der Waals surface area contributed by atoms with Gasteiger partial charge in [-0.3, -0.25) is 14.2 Å². The van der Waals surface area contributed by atoms with E-state index in [-0.39, 0.29) is 11.5 Å². The average molecular weight is 426 g/mol. The molecule has 1 amide bonds. The van der Waals surface area contributed by atoms with E-state index >= 15 is 0 Å². The molecule has 29 heavy (non-hydrogen) atoms. The minimum atomic E-state index is -0.402. The van der Waals surface area contributed by atoms with Gasteiger partial charge in [0.2, 0.25) is 5.91 Å². The fourth-order valence-electron chi connectivity index (χ4n) is 3.55. The molecule has 0 saturated heterocycles. The van der Waals surface area contributed by atoms with Gasteiger partial charge in [0.1, 0.15) is 0 Å². The van der Waals surface area contributed by atoms with Crippen LogP contribution >= 0.6 is 23.4 Å². The molecule has 1 aliphatic rings. The van der Waals surface area contributed by atoms with E-state index < -0.39 is 5.25 Å². The Morgan fingerprint density at radius 3 is 2.93 bits per heavy atom. The Balaban J connectivity index is 1.68. The summed E-state index contributed by atoms with van der Waals surface area (Å²) in [6.07, 6.45) is 2.51. The van der Waals surface area contributed by atoms with Crippen LogP contribution in [0.4, 0.5) is 5.69 Å². The monoisotopic (exact) mass is 425 g/mol. The van der Waals surface area contributed by atoms with E-state index in [9.17, 15) is 9.59 Å². The van der Waals surface area contributed by atoms with Crippen molar-refractivity contribution in [1.29, 1.82) is 0 Å². The lowest BCUT2D eigenvalue weighted by Crippen LogP contribution is -2.35. The standard InChI is InChI=1S/C22H20ClN3O2S/c1-3-11-26-21(28)17-9-8-16(23)13-18(17)24-22(26)29-14(2)20(27)25-12-10-15-6-4-5-7-19(15)25/h3-9,13-14H,1,10-12H2,2H3. The Bertz CT molecular complexity index is 1170. The molecule has 0 saturated carbocycles. The van der Waals surface area contributed by atoms with Crippen LogP contribution in [0, 0.1) is 0 Å². The highest BCUT2D eigenvalue weighted by Crippen LogP contribution is 2.31. The molecule has 0 N–H and O–H groups in total. The van der Waals surface area contributed by atoms with Crippen molar-refractivity contribution in [3.63, 3.8) is 0 Å². The first kappa shape index (κ1) is 19.7. The van der Waals surface area contributed by atoms with E-state index in [4.69, 9.17) is 11.6 Å². The molecule has 1 aliphatic heterocycles. The van der Waals surface area contributed by atoms with Gasteiger partial charge in [0.05, 0.1) is 16.2 Å². The van der Waals surface area contributed by atoms with Gasteiger partial charge in [0, 0.05) is 23.8 Å². The quantitative estimate of drug-likeness (QED) is 0.347. The Labute approximate surface area is 178 Å². The third-order valence-electron chi connectivity index (χ3n) is 4.98. The third kappa shape index (κ3) is 3.70. The lowest BCUT2D eigenvalue weighted by molar-refractivity contribution is -0.117. The Morgan fingerprint density at radius 2 is 2.14 bits per heavy atom. The van der Waals surface area contributed by atoms with Crippen LogP contribution in [-0.4, -0.2) is 27.3 Å². The van der Waals surface area contributed by atoms with Gasteiger partial charge in [-0.25, -0.2) is 4.98 Å². The lowest BCUT2D eigenvalue weighted by atomic mass is 10.2. The van der Waals surface area contributed by atoms with E-state index in [0.29, 0.717) is 34.2 Å². The predicted octanol–water partition coefficient (Wildman–Crippen LogP) is 4.31. The van der Waals surface area contributed by atoms with Gasteiger partial charge in [-0.1, -0.05) is 47.6 Å². The molecule has 3 aromatic rings. The molecule has 0 aliphatic carbocycles. The number of amides is 1. The zero-order valence-corrected chi connectivity index (χ0v) is 17.5. The van der Waals surface area contributed by atoms with Crippen molar-refractivity contribution >= 4 is 45.9 Å². The van der Waals surface area contributed by atoms with Gasteiger partial charge in [0.25, 0.3) is 5.56 Å². The van der Waals surface area contributed by atoms with E-state index in [1.54, 1.807) is 28.8 Å². The SMILES string of the molecule is C=CCn1c(SC(C)C(=O)N2CCc3ccccc32)nc2cc(Cl)ccc2c1=O. The fourth-order valence-corrected chi connectivity index (χ4v) is 4.70. The molecule has 7 heteroatoms. The van der Waals surface area contributed by atoms with Gasteiger partial charge in [-0.15, -0.1) is 6.58 Å². The minimum Gasteiger partial charge on any atom is -0.311 e. The number of rotatable bonds is 5. The summed E-state index contributed by atoms with van der Waals surface area (Å²) in [5.41, 5.74) is 2.50. The predicted molar refractivity (Wildman–Crippen MR) is 119 cm³/mol. The normalized spacial score (nSPS) is 14.1. The number of anilines is 1. The van der Waals surface area contributed by atoms with Crippen LogP contribution in [-0.2, 0) is 17.8 Å². The van der Waals surface area contributed by atoms with Crippen LogP contribution in [0.3, 0.4) is 0 Å². The second-order valence-corrected chi connectivity index (χ2v) is 8.63. The van der Waals surface area contributed by atoms with E-state index in [1.165, 1.54) is 17.3 Å². The zero-order valence-electron chi connectivity index (χ0n) is 16.0. The highest BCUT2D eigenvalue weighted by Gasteiger charge is 2.29. The molecule has 0 spiro atoms. The number of halogens is 1. The molecular weight excluding hydrogens is 406 g/mol. The van der Waals surface area contributed by atoms with E-state index in [2.05, 4.69) is 17.6 Å². The van der Waals surface area contributed by atoms with Gasteiger partial charge in [-0.2, -0.15) is 0 Å². The molecule has 148 valence electrons. The molecule has 2 heterocycles. The first-order valence-electron chi connectivity index (χ1n) is 9.36. The number of carbonyl (C=O) groups excluding carboxylic acids is 1. The van der Waals surface area contributed by atoms with Crippen molar-refractivity contribution < 1.29 is 4.79 Å². The van der Waals surface area contributed by atoms with E-state index in [0.717, 1.165) is 12.1 Å². The molecule has 2 aromatic carbocycles. The van der Waals surface area contributed by atoms with Crippen LogP contribution in [0.25, 0.3) is 10.9 Å². The highest BCUT2D eigenvalue weighted by atomic mass is 35.5. The Kier molecular flexibility index (Phi) is 5.48. The van der Waals surface area contributed by atoms with Gasteiger partial charge >= 0.3 is 0 Å². The van der Waals surface area contributed by atoms with Crippen molar-refractivity contribution in [3.05, 3.63) is 76.1 Å². The summed E-state index contributed by atoms with van der Waals surface area (Å²) in [6.45, 7) is 6.58. The molecule has 5 nitrogen and oxygen atoms in total. The maximum atomic E-state index is 13.1. The summed E-state index contributed by atoms with van der Waals surface area (Å²) in [6, 6.07) is 13.0. The number of hydrogen-bond donors (Lipinski definition) is 0. The smallest absolute Gasteiger partial charge is 0.262 e. The molecule has 0 radical (unpaired) electrons. The molecule has 1 atom stereocenters. The highest BCUT2D eigenvalue weighted by molar-refractivity contribution is 8.00. The summed E-state index contributed by atoms with van der Waals surface area (Å²) in [5, 5.41) is 1.09. The fraction of sp³-hybridized carbons (Fsp3) is 0.227. The van der Waals surface area contributed by atoms with Crippen LogP contribution < -0.4 is 10.5 Å². The third-order valence-corrected chi connectivity index (χ3v) is 6.29. The largest absolute Gasteiger partial charge is 0.311 e. The van der Waals surface area contributed by atoms with Crippen LogP contribution in [0.15, 0.2) is 65.1 Å². The van der Waals surface area contributed by atoms with Crippen molar-refractivity contribution in [2.75, 3.05) is 11.4 Å². The number of thioether (sulfide) groups is 1. The minimum absolute atomic E-state index is 0.00513.